The fourth-order valence-electron chi connectivity index (χ4n) is 4.63. The van der Waals surface area contributed by atoms with Crippen molar-refractivity contribution >= 4 is 17.6 Å². The van der Waals surface area contributed by atoms with Gasteiger partial charge in [-0.05, 0) is 36.2 Å². The van der Waals surface area contributed by atoms with Gasteiger partial charge in [-0.25, -0.2) is 20.7 Å². The fourth-order valence-corrected chi connectivity index (χ4v) is 4.63. The summed E-state index contributed by atoms with van der Waals surface area (Å²) in [6.07, 6.45) is 4.05. The molecular formula is C24H28N6O5. The van der Waals surface area contributed by atoms with Crippen LogP contribution >= 0.6 is 0 Å². The number of carbonyl (C=O) groups is 2. The molecule has 3 atom stereocenters. The van der Waals surface area contributed by atoms with Crippen molar-refractivity contribution in [1.82, 2.24) is 25.8 Å². The van der Waals surface area contributed by atoms with Crippen LogP contribution in [-0.4, -0.2) is 66.9 Å². The third-order valence-corrected chi connectivity index (χ3v) is 6.43. The summed E-state index contributed by atoms with van der Waals surface area (Å²) in [6, 6.07) is 12.9. The van der Waals surface area contributed by atoms with E-state index in [9.17, 15) is 9.59 Å². The molecule has 11 heteroatoms. The molecule has 3 heterocycles. The number of methoxy groups -OCH3 is 3. The summed E-state index contributed by atoms with van der Waals surface area (Å²) < 4.78 is 15.8. The Balaban J connectivity index is 1.25. The minimum atomic E-state index is -0.362. The molecule has 2 aromatic carbocycles. The smallest absolute Gasteiger partial charge is 0.340 e. The van der Waals surface area contributed by atoms with E-state index in [1.54, 1.807) is 43.5 Å². The molecular weight excluding hydrogens is 452 g/mol. The lowest BCUT2D eigenvalue weighted by atomic mass is 10.00. The van der Waals surface area contributed by atoms with Gasteiger partial charge in [-0.15, -0.1) is 0 Å². The van der Waals surface area contributed by atoms with E-state index in [2.05, 4.69) is 16.2 Å². The van der Waals surface area contributed by atoms with Gasteiger partial charge in [-0.2, -0.15) is 0 Å². The summed E-state index contributed by atoms with van der Waals surface area (Å²) in [5.41, 5.74) is 8.30. The number of hydrazine groups is 2. The van der Waals surface area contributed by atoms with Gasteiger partial charge in [0.05, 0.1) is 39.1 Å². The first kappa shape index (κ1) is 22.8. The summed E-state index contributed by atoms with van der Waals surface area (Å²) in [4.78, 5) is 27.4. The lowest BCUT2D eigenvalue weighted by Gasteiger charge is -2.34. The fraction of sp³-hybridized carbons (Fsp3) is 0.333. The minimum absolute atomic E-state index is 0.0115. The topological polar surface area (TPSA) is 108 Å². The Morgan fingerprint density at radius 1 is 1.00 bits per heavy atom. The number of fused-ring (bicyclic) bond motifs is 3. The highest BCUT2D eigenvalue weighted by molar-refractivity contribution is 5.96. The lowest BCUT2D eigenvalue weighted by molar-refractivity contribution is -0.117. The molecule has 11 nitrogen and oxygen atoms in total. The molecule has 35 heavy (non-hydrogen) atoms. The first-order valence-electron chi connectivity index (χ1n) is 11.3. The summed E-state index contributed by atoms with van der Waals surface area (Å²) in [7, 11) is 4.71. The van der Waals surface area contributed by atoms with Gasteiger partial charge in [0, 0.05) is 18.5 Å². The Morgan fingerprint density at radius 3 is 2.46 bits per heavy atom. The Labute approximate surface area is 203 Å². The van der Waals surface area contributed by atoms with Crippen LogP contribution in [0.4, 0.5) is 10.5 Å². The monoisotopic (exact) mass is 480 g/mol. The molecule has 0 saturated carbocycles. The average Bonchev–Trinajstić information content (AvgIpc) is 3.45. The Bertz CT molecular complexity index is 1140. The second-order valence-electron chi connectivity index (χ2n) is 8.43. The maximum Gasteiger partial charge on any atom is 0.340 e. The number of hydrogen-bond acceptors (Lipinski definition) is 8. The van der Waals surface area contributed by atoms with Crippen LogP contribution in [0.5, 0.6) is 17.2 Å². The zero-order chi connectivity index (χ0) is 24.5. The Hall–Kier alpha value is -3.96. The van der Waals surface area contributed by atoms with Crippen LogP contribution in [0.3, 0.4) is 0 Å². The molecule has 3 unspecified atom stereocenters. The van der Waals surface area contributed by atoms with E-state index in [4.69, 9.17) is 14.2 Å². The molecule has 3 aliphatic heterocycles. The van der Waals surface area contributed by atoms with E-state index in [1.807, 2.05) is 35.5 Å². The number of urea groups is 1. The molecule has 184 valence electrons. The summed E-state index contributed by atoms with van der Waals surface area (Å²) >= 11 is 0. The van der Waals surface area contributed by atoms with E-state index >= 15 is 0 Å². The normalized spacial score (nSPS) is 22.7. The zero-order valence-corrected chi connectivity index (χ0v) is 19.7. The van der Waals surface area contributed by atoms with Crippen LogP contribution in [0.25, 0.3) is 0 Å². The third-order valence-electron chi connectivity index (χ3n) is 6.43. The van der Waals surface area contributed by atoms with E-state index in [0.717, 1.165) is 17.7 Å². The number of ether oxygens (including phenoxy) is 3. The average molecular weight is 481 g/mol. The third kappa shape index (κ3) is 4.31. The van der Waals surface area contributed by atoms with Crippen LogP contribution < -0.4 is 30.4 Å². The molecule has 2 fully saturated rings. The van der Waals surface area contributed by atoms with E-state index in [1.165, 1.54) is 12.1 Å². The van der Waals surface area contributed by atoms with Crippen molar-refractivity contribution in [2.45, 2.75) is 24.7 Å². The van der Waals surface area contributed by atoms with Crippen molar-refractivity contribution in [3.8, 4) is 17.2 Å². The highest BCUT2D eigenvalue weighted by atomic mass is 16.5. The van der Waals surface area contributed by atoms with Gasteiger partial charge in [-0.1, -0.05) is 12.1 Å². The summed E-state index contributed by atoms with van der Waals surface area (Å²) in [5, 5.41) is 6.15. The Morgan fingerprint density at radius 2 is 1.74 bits per heavy atom. The van der Waals surface area contributed by atoms with Crippen molar-refractivity contribution in [2.24, 2.45) is 0 Å². The molecule has 2 saturated heterocycles. The predicted octanol–water partition coefficient (Wildman–Crippen LogP) is 2.02. The van der Waals surface area contributed by atoms with Gasteiger partial charge >= 0.3 is 6.03 Å². The number of amides is 3. The van der Waals surface area contributed by atoms with Crippen molar-refractivity contribution in [2.75, 3.05) is 33.2 Å². The van der Waals surface area contributed by atoms with Crippen molar-refractivity contribution in [3.05, 3.63) is 60.4 Å². The second kappa shape index (κ2) is 9.35. The molecule has 2 aromatic rings. The van der Waals surface area contributed by atoms with Gasteiger partial charge in [0.25, 0.3) is 0 Å². The van der Waals surface area contributed by atoms with Gasteiger partial charge < -0.3 is 24.5 Å². The van der Waals surface area contributed by atoms with Gasteiger partial charge in [-0.3, -0.25) is 9.69 Å². The number of nitrogens with zero attached hydrogens (tertiary/aromatic N) is 3. The van der Waals surface area contributed by atoms with Crippen molar-refractivity contribution in [1.29, 1.82) is 0 Å². The molecule has 0 bridgehead atoms. The van der Waals surface area contributed by atoms with Crippen LogP contribution in [0, 0.1) is 0 Å². The van der Waals surface area contributed by atoms with Gasteiger partial charge in [0.2, 0.25) is 5.91 Å². The molecule has 0 spiro atoms. The maximum absolute atomic E-state index is 13.0. The quantitative estimate of drug-likeness (QED) is 0.553. The van der Waals surface area contributed by atoms with E-state index in [0.29, 0.717) is 17.2 Å². The number of nitrogens with one attached hydrogen (secondary N) is 3. The van der Waals surface area contributed by atoms with Crippen LogP contribution in [0.2, 0.25) is 0 Å². The second-order valence-corrected chi connectivity index (χ2v) is 8.43. The SMILES string of the molecule is COc1ccc(C2CC3C4NN(CC(=O)Nc5cc(OC)ccc5OC)C(=O)N4C=CN3N2)cc1. The summed E-state index contributed by atoms with van der Waals surface area (Å²) in [5.74, 6) is 1.52. The molecule has 0 aliphatic carbocycles. The molecule has 0 aromatic heterocycles. The largest absolute Gasteiger partial charge is 0.497 e. The van der Waals surface area contributed by atoms with Gasteiger partial charge in [0.1, 0.15) is 30.0 Å². The summed E-state index contributed by atoms with van der Waals surface area (Å²) in [6.45, 7) is -0.165. The zero-order valence-electron chi connectivity index (χ0n) is 19.7. The molecule has 5 rings (SSSR count). The lowest BCUT2D eigenvalue weighted by Crippen LogP contribution is -2.54. The van der Waals surface area contributed by atoms with Crippen LogP contribution in [0.15, 0.2) is 54.9 Å². The maximum atomic E-state index is 13.0. The van der Waals surface area contributed by atoms with Crippen molar-refractivity contribution < 1.29 is 23.8 Å². The molecule has 3 aliphatic rings. The van der Waals surface area contributed by atoms with E-state index in [-0.39, 0.29) is 36.7 Å². The Kier molecular flexibility index (Phi) is 6.10. The number of anilines is 1. The highest BCUT2D eigenvalue weighted by Crippen LogP contribution is 2.35. The first-order chi connectivity index (χ1) is 17.0. The number of benzene rings is 2. The number of hydrogen-bond donors (Lipinski definition) is 3. The molecule has 3 N–H and O–H groups in total. The van der Waals surface area contributed by atoms with Crippen LogP contribution in [-0.2, 0) is 4.79 Å². The minimum Gasteiger partial charge on any atom is -0.497 e. The van der Waals surface area contributed by atoms with Crippen LogP contribution in [0.1, 0.15) is 18.0 Å². The predicted molar refractivity (Wildman–Crippen MR) is 127 cm³/mol. The van der Waals surface area contributed by atoms with Crippen molar-refractivity contribution in [3.63, 3.8) is 0 Å². The first-order valence-corrected chi connectivity index (χ1v) is 11.3. The number of rotatable bonds is 7. The standard InChI is InChI=1S/C24H28N6O5/c1-33-16-6-4-15(5-7-16)18-13-20-23-27-30(24(32)28(23)10-11-29(20)26-18)14-22(31)25-19-12-17(34-2)8-9-21(19)35-3/h4-12,18,20,23,26-27H,13-14H2,1-3H3,(H,25,31). The molecule has 3 amide bonds. The highest BCUT2D eigenvalue weighted by Gasteiger charge is 2.48. The van der Waals surface area contributed by atoms with E-state index < -0.39 is 0 Å². The number of carbonyl (C=O) groups excluding carboxylic acids is 2. The molecule has 0 radical (unpaired) electrons. The van der Waals surface area contributed by atoms with Gasteiger partial charge in [0.15, 0.2) is 0 Å².